The molecule has 176 valence electrons. The van der Waals surface area contributed by atoms with Gasteiger partial charge in [-0.1, -0.05) is 32.4 Å². The van der Waals surface area contributed by atoms with Crippen LogP contribution in [0.1, 0.15) is 41.5 Å². The molecule has 0 bridgehead atoms. The van der Waals surface area contributed by atoms with Gasteiger partial charge in [0.05, 0.1) is 16.4 Å². The smallest absolute Gasteiger partial charge is 0.278 e. The number of rotatable bonds is 8. The lowest BCUT2D eigenvalue weighted by Crippen LogP contribution is -2.37. The zero-order valence-electron chi connectivity index (χ0n) is 20.0. The van der Waals surface area contributed by atoms with E-state index in [9.17, 15) is 14.4 Å². The van der Waals surface area contributed by atoms with E-state index in [4.69, 9.17) is 11.6 Å². The first-order valence-electron chi connectivity index (χ1n) is 10.8. The molecule has 0 saturated heterocycles. The number of aliphatic imine (C=N–C) groups is 1. The number of carbonyl (C=O) groups is 3. The molecule has 0 aliphatic rings. The Morgan fingerprint density at radius 3 is 2.09 bits per heavy atom. The number of ketones is 1. The van der Waals surface area contributed by atoms with Crippen molar-refractivity contribution < 1.29 is 14.4 Å². The SMILES string of the molecule is CCN(CC)c1ccc(N=C(C(=O)Nc2cc(NC(C)=O)ccc2Cl)C(=O)C(C)(C)C)cc1. The third-order valence-corrected chi connectivity index (χ3v) is 5.20. The van der Waals surface area contributed by atoms with Crippen LogP contribution in [-0.4, -0.2) is 36.4 Å². The number of amides is 2. The fraction of sp³-hybridized carbons (Fsp3) is 0.360. The Hall–Kier alpha value is -3.19. The van der Waals surface area contributed by atoms with E-state index in [1.807, 2.05) is 12.1 Å². The Morgan fingerprint density at radius 2 is 1.58 bits per heavy atom. The zero-order valence-corrected chi connectivity index (χ0v) is 20.7. The number of halogens is 1. The summed E-state index contributed by atoms with van der Waals surface area (Å²) in [4.78, 5) is 44.2. The van der Waals surface area contributed by atoms with Crippen molar-refractivity contribution in [3.05, 3.63) is 47.5 Å². The molecule has 0 saturated carbocycles. The predicted octanol–water partition coefficient (Wildman–Crippen LogP) is 5.47. The summed E-state index contributed by atoms with van der Waals surface area (Å²) in [6.45, 7) is 12.5. The van der Waals surface area contributed by atoms with Crippen molar-refractivity contribution in [1.82, 2.24) is 0 Å². The number of nitrogens with one attached hydrogen (secondary N) is 2. The van der Waals surface area contributed by atoms with Gasteiger partial charge in [-0.25, -0.2) is 4.99 Å². The van der Waals surface area contributed by atoms with Crippen molar-refractivity contribution in [2.45, 2.75) is 41.5 Å². The fourth-order valence-corrected chi connectivity index (χ4v) is 3.26. The minimum absolute atomic E-state index is 0.223. The summed E-state index contributed by atoms with van der Waals surface area (Å²) >= 11 is 6.23. The van der Waals surface area contributed by atoms with Crippen molar-refractivity contribution in [1.29, 1.82) is 0 Å². The maximum Gasteiger partial charge on any atom is 0.278 e. The molecule has 2 amide bonds. The van der Waals surface area contributed by atoms with Crippen LogP contribution in [0.25, 0.3) is 0 Å². The van der Waals surface area contributed by atoms with Crippen molar-refractivity contribution in [2.24, 2.45) is 10.4 Å². The summed E-state index contributed by atoms with van der Waals surface area (Å²) in [6.07, 6.45) is 0. The number of anilines is 3. The monoisotopic (exact) mass is 470 g/mol. The molecule has 0 unspecified atom stereocenters. The summed E-state index contributed by atoms with van der Waals surface area (Å²) in [5.41, 5.74) is 1.22. The largest absolute Gasteiger partial charge is 0.372 e. The van der Waals surface area contributed by atoms with Crippen LogP contribution in [0.3, 0.4) is 0 Å². The number of Topliss-reactive ketones (excluding diaryl/α,β-unsaturated/α-hetero) is 1. The molecule has 0 fully saturated rings. The fourth-order valence-electron chi connectivity index (χ4n) is 3.10. The van der Waals surface area contributed by atoms with E-state index in [1.54, 1.807) is 45.0 Å². The third-order valence-electron chi connectivity index (χ3n) is 4.87. The van der Waals surface area contributed by atoms with Gasteiger partial charge in [-0.3, -0.25) is 14.4 Å². The quantitative estimate of drug-likeness (QED) is 0.395. The first-order valence-corrected chi connectivity index (χ1v) is 11.2. The van der Waals surface area contributed by atoms with Gasteiger partial charge in [0.2, 0.25) is 5.91 Å². The van der Waals surface area contributed by atoms with Crippen LogP contribution >= 0.6 is 11.6 Å². The van der Waals surface area contributed by atoms with Crippen LogP contribution < -0.4 is 15.5 Å². The molecule has 2 aromatic rings. The highest BCUT2D eigenvalue weighted by atomic mass is 35.5. The first kappa shape index (κ1) is 26.1. The summed E-state index contributed by atoms with van der Waals surface area (Å²) < 4.78 is 0. The van der Waals surface area contributed by atoms with E-state index in [1.165, 1.54) is 13.0 Å². The third kappa shape index (κ3) is 7.15. The van der Waals surface area contributed by atoms with Gasteiger partial charge in [-0.15, -0.1) is 0 Å². The molecular weight excluding hydrogens is 440 g/mol. The highest BCUT2D eigenvalue weighted by Crippen LogP contribution is 2.27. The average molecular weight is 471 g/mol. The van der Waals surface area contributed by atoms with E-state index in [-0.39, 0.29) is 22.3 Å². The lowest BCUT2D eigenvalue weighted by atomic mass is 9.87. The van der Waals surface area contributed by atoms with Crippen LogP contribution in [0.5, 0.6) is 0 Å². The van der Waals surface area contributed by atoms with E-state index in [0.29, 0.717) is 11.4 Å². The van der Waals surface area contributed by atoms with Gasteiger partial charge in [-0.05, 0) is 56.3 Å². The second-order valence-corrected chi connectivity index (χ2v) is 8.97. The predicted molar refractivity (Wildman–Crippen MR) is 136 cm³/mol. The van der Waals surface area contributed by atoms with E-state index in [0.717, 1.165) is 18.8 Å². The molecule has 2 rings (SSSR count). The van der Waals surface area contributed by atoms with Crippen LogP contribution in [0, 0.1) is 5.41 Å². The van der Waals surface area contributed by atoms with Gasteiger partial charge in [-0.2, -0.15) is 0 Å². The summed E-state index contributed by atoms with van der Waals surface area (Å²) in [7, 11) is 0. The maximum absolute atomic E-state index is 13.1. The molecule has 0 aliphatic carbocycles. The lowest BCUT2D eigenvalue weighted by molar-refractivity contribution is -0.121. The number of carbonyl (C=O) groups excluding carboxylic acids is 3. The topological polar surface area (TPSA) is 90.9 Å². The molecular formula is C25H31ClN4O3. The van der Waals surface area contributed by atoms with Crippen molar-refractivity contribution >= 4 is 57.7 Å². The number of nitrogens with zero attached hydrogens (tertiary/aromatic N) is 2. The molecule has 7 nitrogen and oxygen atoms in total. The van der Waals surface area contributed by atoms with Crippen LogP contribution in [0.2, 0.25) is 5.02 Å². The van der Waals surface area contributed by atoms with Crippen LogP contribution in [-0.2, 0) is 14.4 Å². The number of hydrogen-bond acceptors (Lipinski definition) is 5. The first-order chi connectivity index (χ1) is 15.5. The van der Waals surface area contributed by atoms with Crippen molar-refractivity contribution in [2.75, 3.05) is 28.6 Å². The maximum atomic E-state index is 13.1. The molecule has 2 aromatic carbocycles. The second-order valence-electron chi connectivity index (χ2n) is 8.56. The molecule has 0 atom stereocenters. The molecule has 0 aromatic heterocycles. The standard InChI is InChI=1S/C25H31ClN4O3/c1-7-30(8-2)19-12-9-17(10-13-19)28-22(23(32)25(4,5)6)24(33)29-21-15-18(27-16(3)31)11-14-20(21)26/h9-15H,7-8H2,1-6H3,(H,27,31)(H,29,33). The Morgan fingerprint density at radius 1 is 0.970 bits per heavy atom. The second kappa shape index (κ2) is 11.1. The highest BCUT2D eigenvalue weighted by Gasteiger charge is 2.31. The molecule has 0 spiro atoms. The van der Waals surface area contributed by atoms with E-state index < -0.39 is 17.1 Å². The summed E-state index contributed by atoms with van der Waals surface area (Å²) in [5, 5.41) is 5.57. The summed E-state index contributed by atoms with van der Waals surface area (Å²) in [6, 6.07) is 12.1. The minimum atomic E-state index is -0.820. The van der Waals surface area contributed by atoms with Gasteiger partial charge in [0.25, 0.3) is 5.91 Å². The Kier molecular flexibility index (Phi) is 8.76. The van der Waals surface area contributed by atoms with Gasteiger partial charge < -0.3 is 15.5 Å². The molecule has 8 heteroatoms. The average Bonchev–Trinajstić information content (AvgIpc) is 2.74. The molecule has 2 N–H and O–H groups in total. The van der Waals surface area contributed by atoms with Gasteiger partial charge >= 0.3 is 0 Å². The van der Waals surface area contributed by atoms with Gasteiger partial charge in [0.15, 0.2) is 11.5 Å². The molecule has 0 heterocycles. The zero-order chi connectivity index (χ0) is 24.8. The van der Waals surface area contributed by atoms with Crippen molar-refractivity contribution in [3.8, 4) is 0 Å². The Labute approximate surface area is 200 Å². The number of hydrogen-bond donors (Lipinski definition) is 2. The molecule has 33 heavy (non-hydrogen) atoms. The van der Waals surface area contributed by atoms with Gasteiger partial charge in [0.1, 0.15) is 0 Å². The summed E-state index contributed by atoms with van der Waals surface area (Å²) in [5.74, 6) is -1.33. The van der Waals surface area contributed by atoms with Crippen LogP contribution in [0.4, 0.5) is 22.7 Å². The van der Waals surface area contributed by atoms with E-state index in [2.05, 4.69) is 34.4 Å². The van der Waals surface area contributed by atoms with Crippen LogP contribution in [0.15, 0.2) is 47.5 Å². The minimum Gasteiger partial charge on any atom is -0.372 e. The van der Waals surface area contributed by atoms with E-state index >= 15 is 0 Å². The highest BCUT2D eigenvalue weighted by molar-refractivity contribution is 6.68. The Bertz CT molecular complexity index is 1050. The normalized spacial score (nSPS) is 11.7. The Balaban J connectivity index is 2.41. The molecule has 0 radical (unpaired) electrons. The molecule has 0 aliphatic heterocycles. The van der Waals surface area contributed by atoms with Gasteiger partial charge in [0, 0.05) is 36.8 Å². The number of benzene rings is 2. The van der Waals surface area contributed by atoms with Crippen molar-refractivity contribution in [3.63, 3.8) is 0 Å². The lowest BCUT2D eigenvalue weighted by Gasteiger charge is -2.21.